The molecule has 1 N–H and O–H groups in total. The van der Waals surface area contributed by atoms with Crippen LogP contribution in [-0.4, -0.2) is 37.0 Å². The first-order chi connectivity index (χ1) is 14.8. The summed E-state index contributed by atoms with van der Waals surface area (Å²) >= 11 is 0. The summed E-state index contributed by atoms with van der Waals surface area (Å²) in [5.41, 5.74) is -1.51. The summed E-state index contributed by atoms with van der Waals surface area (Å²) in [5.74, 6) is -1.21. The van der Waals surface area contributed by atoms with Gasteiger partial charge in [-0.15, -0.1) is 0 Å². The van der Waals surface area contributed by atoms with Crippen LogP contribution in [0.1, 0.15) is 17.7 Å². The van der Waals surface area contributed by atoms with Crippen LogP contribution in [0.15, 0.2) is 45.6 Å². The van der Waals surface area contributed by atoms with Gasteiger partial charge in [-0.3, -0.25) is 9.69 Å². The van der Waals surface area contributed by atoms with Crippen molar-refractivity contribution in [1.29, 1.82) is 0 Å². The lowest BCUT2D eigenvalue weighted by molar-refractivity contribution is -0.152. The van der Waals surface area contributed by atoms with E-state index >= 15 is 0 Å². The van der Waals surface area contributed by atoms with E-state index in [-0.39, 0.29) is 41.1 Å². The van der Waals surface area contributed by atoms with Crippen LogP contribution in [-0.2, 0) is 17.5 Å². The normalized spacial score (nSPS) is 15.4. The van der Waals surface area contributed by atoms with E-state index in [1.54, 1.807) is 0 Å². The van der Waals surface area contributed by atoms with Gasteiger partial charge in [-0.05, 0) is 36.2 Å². The Morgan fingerprint density at radius 2 is 1.90 bits per heavy atom. The van der Waals surface area contributed by atoms with Crippen molar-refractivity contribution < 1.29 is 32.2 Å². The molecule has 1 aliphatic heterocycles. The van der Waals surface area contributed by atoms with Gasteiger partial charge in [0.1, 0.15) is 17.1 Å². The zero-order valence-electron chi connectivity index (χ0n) is 16.7. The topological polar surface area (TPSA) is 72.1 Å². The van der Waals surface area contributed by atoms with E-state index in [1.165, 1.54) is 43.5 Å². The van der Waals surface area contributed by atoms with Crippen LogP contribution in [0.4, 0.5) is 13.2 Å². The average Bonchev–Trinajstić information content (AvgIpc) is 2.76. The Bertz CT molecular complexity index is 1150. The largest absolute Gasteiger partial charge is 0.507 e. The van der Waals surface area contributed by atoms with Crippen LogP contribution in [0.3, 0.4) is 0 Å². The first-order valence-electron chi connectivity index (χ1n) is 9.63. The number of phenols is 1. The number of fused-ring (bicyclic) bond motifs is 1. The maximum absolute atomic E-state index is 13.9. The van der Waals surface area contributed by atoms with Gasteiger partial charge in [0, 0.05) is 19.7 Å². The minimum Gasteiger partial charge on any atom is -0.507 e. The summed E-state index contributed by atoms with van der Waals surface area (Å²) in [6.45, 7) is 1.61. The summed E-state index contributed by atoms with van der Waals surface area (Å²) in [4.78, 5) is 15.0. The highest BCUT2D eigenvalue weighted by Crippen LogP contribution is 2.39. The zero-order valence-corrected chi connectivity index (χ0v) is 16.7. The molecule has 1 aromatic heterocycles. The standard InChI is InChI=1S/C22H20F3NO5/c1-29-14-5-3-13(4-6-14)18-19(28)15-7-8-17(27)16(11-26-9-2-10-30-12-26)20(15)31-21(18)22(23,24)25/h3-8,27H,2,9-12H2,1H3. The number of hydrogen-bond acceptors (Lipinski definition) is 6. The van der Waals surface area contributed by atoms with Gasteiger partial charge in [-0.2, -0.15) is 13.2 Å². The fraction of sp³-hybridized carbons (Fsp3) is 0.318. The number of hydrogen-bond donors (Lipinski definition) is 1. The van der Waals surface area contributed by atoms with Crippen LogP contribution in [0.5, 0.6) is 11.5 Å². The van der Waals surface area contributed by atoms with Crippen molar-refractivity contribution in [2.75, 3.05) is 27.0 Å². The van der Waals surface area contributed by atoms with Crippen molar-refractivity contribution in [3.8, 4) is 22.6 Å². The van der Waals surface area contributed by atoms with Gasteiger partial charge in [-0.1, -0.05) is 12.1 Å². The third-order valence-corrected chi connectivity index (χ3v) is 5.19. The highest BCUT2D eigenvalue weighted by molar-refractivity contribution is 5.86. The summed E-state index contributed by atoms with van der Waals surface area (Å²) in [7, 11) is 1.43. The molecule has 3 aromatic rings. The summed E-state index contributed by atoms with van der Waals surface area (Å²) < 4.78 is 57.5. The Balaban J connectivity index is 1.94. The number of nitrogens with zero attached hydrogens (tertiary/aromatic N) is 1. The minimum absolute atomic E-state index is 0.0375. The summed E-state index contributed by atoms with van der Waals surface area (Å²) in [6, 6.07) is 8.26. The smallest absolute Gasteiger partial charge is 0.450 e. The van der Waals surface area contributed by atoms with E-state index in [0.717, 1.165) is 6.42 Å². The number of rotatable bonds is 4. The summed E-state index contributed by atoms with van der Waals surface area (Å²) in [6.07, 6.45) is -4.16. The van der Waals surface area contributed by atoms with Crippen molar-refractivity contribution in [3.63, 3.8) is 0 Å². The second kappa shape index (κ2) is 8.24. The highest BCUT2D eigenvalue weighted by atomic mass is 19.4. The maximum atomic E-state index is 13.9. The molecular formula is C22H20F3NO5. The van der Waals surface area contributed by atoms with E-state index in [2.05, 4.69) is 0 Å². The molecular weight excluding hydrogens is 415 g/mol. The highest BCUT2D eigenvalue weighted by Gasteiger charge is 2.40. The molecule has 1 saturated heterocycles. The molecule has 31 heavy (non-hydrogen) atoms. The molecule has 1 fully saturated rings. The zero-order chi connectivity index (χ0) is 22.2. The van der Waals surface area contributed by atoms with Gasteiger partial charge in [0.15, 0.2) is 0 Å². The molecule has 164 valence electrons. The van der Waals surface area contributed by atoms with Crippen LogP contribution in [0, 0.1) is 0 Å². The Kier molecular flexibility index (Phi) is 5.63. The number of benzene rings is 2. The molecule has 4 rings (SSSR count). The van der Waals surface area contributed by atoms with E-state index in [9.17, 15) is 23.1 Å². The Hall–Kier alpha value is -3.04. The van der Waals surface area contributed by atoms with E-state index in [4.69, 9.17) is 13.9 Å². The first-order valence-corrected chi connectivity index (χ1v) is 9.63. The van der Waals surface area contributed by atoms with Gasteiger partial charge in [0.05, 0.1) is 30.4 Å². The SMILES string of the molecule is COc1ccc(-c2c(C(F)(F)F)oc3c(CN4CCCOC4)c(O)ccc3c2=O)cc1. The van der Waals surface area contributed by atoms with Crippen molar-refractivity contribution in [2.45, 2.75) is 19.1 Å². The monoisotopic (exact) mass is 435 g/mol. The van der Waals surface area contributed by atoms with Crippen LogP contribution in [0.2, 0.25) is 0 Å². The first kappa shape index (κ1) is 21.2. The third-order valence-electron chi connectivity index (χ3n) is 5.19. The van der Waals surface area contributed by atoms with Gasteiger partial charge >= 0.3 is 6.18 Å². The number of ether oxygens (including phenoxy) is 2. The Labute approximate surface area is 175 Å². The quantitative estimate of drug-likeness (QED) is 0.656. The lowest BCUT2D eigenvalue weighted by Gasteiger charge is -2.27. The molecule has 0 amide bonds. The molecule has 2 heterocycles. The number of phenolic OH excluding ortho intramolecular Hbond substituents is 1. The van der Waals surface area contributed by atoms with E-state index in [1.807, 2.05) is 4.90 Å². The van der Waals surface area contributed by atoms with Crippen LogP contribution < -0.4 is 10.2 Å². The van der Waals surface area contributed by atoms with Crippen molar-refractivity contribution in [1.82, 2.24) is 4.90 Å². The fourth-order valence-electron chi connectivity index (χ4n) is 3.67. The predicted molar refractivity (Wildman–Crippen MR) is 107 cm³/mol. The second-order valence-electron chi connectivity index (χ2n) is 7.24. The number of halogens is 3. The fourth-order valence-corrected chi connectivity index (χ4v) is 3.67. The molecule has 0 saturated carbocycles. The number of alkyl halides is 3. The van der Waals surface area contributed by atoms with Gasteiger partial charge < -0.3 is 19.0 Å². The minimum atomic E-state index is -4.92. The molecule has 0 bridgehead atoms. The lowest BCUT2D eigenvalue weighted by atomic mass is 10.00. The molecule has 0 radical (unpaired) electrons. The van der Waals surface area contributed by atoms with E-state index in [0.29, 0.717) is 18.9 Å². The van der Waals surface area contributed by atoms with Gasteiger partial charge in [0.25, 0.3) is 0 Å². The lowest BCUT2D eigenvalue weighted by Crippen LogP contribution is -2.32. The number of aromatic hydroxyl groups is 1. The molecule has 0 spiro atoms. The molecule has 0 unspecified atom stereocenters. The molecule has 0 aliphatic carbocycles. The molecule has 1 aliphatic rings. The molecule has 0 atom stereocenters. The maximum Gasteiger partial charge on any atom is 0.450 e. The van der Waals surface area contributed by atoms with Crippen molar-refractivity contribution in [2.24, 2.45) is 0 Å². The summed E-state index contributed by atoms with van der Waals surface area (Å²) in [5, 5.41) is 10.3. The Morgan fingerprint density at radius 3 is 2.52 bits per heavy atom. The van der Waals surface area contributed by atoms with E-state index < -0.39 is 22.9 Å². The molecule has 2 aromatic carbocycles. The average molecular weight is 435 g/mol. The predicted octanol–water partition coefficient (Wildman–Crippen LogP) is 4.37. The van der Waals surface area contributed by atoms with Crippen LogP contribution in [0.25, 0.3) is 22.1 Å². The second-order valence-corrected chi connectivity index (χ2v) is 7.24. The van der Waals surface area contributed by atoms with Crippen molar-refractivity contribution in [3.05, 3.63) is 57.9 Å². The van der Waals surface area contributed by atoms with Gasteiger partial charge in [-0.25, -0.2) is 0 Å². The Morgan fingerprint density at radius 1 is 1.16 bits per heavy atom. The van der Waals surface area contributed by atoms with Crippen LogP contribution >= 0.6 is 0 Å². The molecule has 6 nitrogen and oxygen atoms in total. The third kappa shape index (κ3) is 4.11. The van der Waals surface area contributed by atoms with Gasteiger partial charge in [0.2, 0.25) is 11.2 Å². The molecule has 9 heteroatoms. The van der Waals surface area contributed by atoms with Crippen molar-refractivity contribution >= 4 is 11.0 Å². The number of methoxy groups -OCH3 is 1.